The quantitative estimate of drug-likeness (QED) is 0.207. The number of aryl methyl sites for hydroxylation is 1. The fraction of sp³-hybridized carbons (Fsp3) is 0.576. The molecule has 0 radical (unpaired) electrons. The lowest BCUT2D eigenvalue weighted by Crippen LogP contribution is -2.36. The highest BCUT2D eigenvalue weighted by molar-refractivity contribution is 7.22. The first kappa shape index (κ1) is 29.8. The number of thiazole rings is 1. The summed E-state index contributed by atoms with van der Waals surface area (Å²) in [5, 5.41) is 2.39. The summed E-state index contributed by atoms with van der Waals surface area (Å²) < 4.78 is 9.01. The predicted molar refractivity (Wildman–Crippen MR) is 175 cm³/mol. The van der Waals surface area contributed by atoms with Crippen molar-refractivity contribution >= 4 is 49.2 Å². The standard InChI is InChI=1S/C26H32N6OS.C7H16/c1-29(2)17-6-9-22-20(15-17)19-7-10-24(28-25(19)31(22)4)30(3)18-5-8-21-23(16-18)34-26(27-21)32-11-13-33-14-12-32;1-3-5-7-6-4-2/h5,7-8,10,16-17H,6,9,11-15H2,1-4H3;3-7H2,1-2H3. The molecular weight excluding hydrogens is 528 g/mol. The zero-order chi connectivity index (χ0) is 28.9. The van der Waals surface area contributed by atoms with E-state index in [0.717, 1.165) is 66.9 Å². The van der Waals surface area contributed by atoms with Gasteiger partial charge in [0.25, 0.3) is 0 Å². The number of hydrogen-bond acceptors (Lipinski definition) is 7. The van der Waals surface area contributed by atoms with Crippen LogP contribution in [0.1, 0.15) is 63.6 Å². The maximum Gasteiger partial charge on any atom is 0.186 e. The minimum Gasteiger partial charge on any atom is -0.378 e. The van der Waals surface area contributed by atoms with Gasteiger partial charge in [-0.15, -0.1) is 0 Å². The number of unbranched alkanes of at least 4 members (excludes halogenated alkanes) is 4. The van der Waals surface area contributed by atoms with Crippen LogP contribution < -0.4 is 9.80 Å². The number of ether oxygens (including phenoxy) is 1. The van der Waals surface area contributed by atoms with Gasteiger partial charge < -0.3 is 24.0 Å². The van der Waals surface area contributed by atoms with Crippen LogP contribution in [0.25, 0.3) is 21.3 Å². The zero-order valence-corrected chi connectivity index (χ0v) is 26.8. The van der Waals surface area contributed by atoms with Gasteiger partial charge >= 0.3 is 0 Å². The SMILES string of the molecule is CCCCCCC.CN(c1ccc2nc(N3CCOCC3)sc2c1)c1ccc2c3c(n(C)c2n1)CCC(N(C)C)C3. The first-order chi connectivity index (χ1) is 19.9. The fourth-order valence-electron chi connectivity index (χ4n) is 6.04. The van der Waals surface area contributed by atoms with Gasteiger partial charge in [0.15, 0.2) is 5.13 Å². The predicted octanol–water partition coefficient (Wildman–Crippen LogP) is 7.18. The van der Waals surface area contributed by atoms with Crippen LogP contribution in [-0.2, 0) is 24.6 Å². The van der Waals surface area contributed by atoms with E-state index in [1.54, 1.807) is 11.3 Å². The molecule has 0 saturated carbocycles. The summed E-state index contributed by atoms with van der Waals surface area (Å²) in [7, 11) is 8.65. The van der Waals surface area contributed by atoms with Crippen molar-refractivity contribution in [3.8, 4) is 0 Å². The first-order valence-corrected chi connectivity index (χ1v) is 16.3. The van der Waals surface area contributed by atoms with E-state index >= 15 is 0 Å². The molecule has 1 unspecified atom stereocenters. The molecule has 0 N–H and O–H groups in total. The van der Waals surface area contributed by atoms with Crippen molar-refractivity contribution in [2.24, 2.45) is 7.05 Å². The number of pyridine rings is 1. The van der Waals surface area contributed by atoms with E-state index in [-0.39, 0.29) is 0 Å². The largest absolute Gasteiger partial charge is 0.378 e. The van der Waals surface area contributed by atoms with Crippen molar-refractivity contribution in [3.63, 3.8) is 0 Å². The lowest BCUT2D eigenvalue weighted by atomic mass is 9.91. The maximum absolute atomic E-state index is 5.49. The Kier molecular flexibility index (Phi) is 9.83. The average molecular weight is 577 g/mol. The lowest BCUT2D eigenvalue weighted by Gasteiger charge is -2.28. The number of aromatic nitrogens is 3. The molecule has 1 aromatic carbocycles. The average Bonchev–Trinajstić information content (AvgIpc) is 3.56. The van der Waals surface area contributed by atoms with Gasteiger partial charge in [0.05, 0.1) is 23.4 Å². The second-order valence-electron chi connectivity index (χ2n) is 11.8. The highest BCUT2D eigenvalue weighted by Crippen LogP contribution is 2.36. The molecule has 0 spiro atoms. The van der Waals surface area contributed by atoms with Crippen molar-refractivity contribution in [1.82, 2.24) is 19.4 Å². The highest BCUT2D eigenvalue weighted by atomic mass is 32.1. The topological polar surface area (TPSA) is 49.7 Å². The summed E-state index contributed by atoms with van der Waals surface area (Å²) in [6.45, 7) is 7.86. The minimum absolute atomic E-state index is 0.605. The number of morpholine rings is 1. The van der Waals surface area contributed by atoms with Gasteiger partial charge in [0.2, 0.25) is 0 Å². The van der Waals surface area contributed by atoms with Crippen molar-refractivity contribution in [2.75, 3.05) is 57.2 Å². The van der Waals surface area contributed by atoms with Crippen molar-refractivity contribution in [1.29, 1.82) is 0 Å². The number of benzene rings is 1. The molecule has 0 bridgehead atoms. The Morgan fingerprint density at radius 2 is 1.73 bits per heavy atom. The van der Waals surface area contributed by atoms with E-state index in [1.165, 1.54) is 59.9 Å². The molecule has 4 aromatic rings. The molecule has 1 fully saturated rings. The number of nitrogens with zero attached hydrogens (tertiary/aromatic N) is 6. The van der Waals surface area contributed by atoms with Crippen molar-refractivity contribution < 1.29 is 4.74 Å². The van der Waals surface area contributed by atoms with E-state index in [9.17, 15) is 0 Å². The van der Waals surface area contributed by atoms with Crippen molar-refractivity contribution in [3.05, 3.63) is 41.6 Å². The Morgan fingerprint density at radius 3 is 2.44 bits per heavy atom. The summed E-state index contributed by atoms with van der Waals surface area (Å²) in [6, 6.07) is 11.6. The third-order valence-electron chi connectivity index (χ3n) is 8.72. The Hall–Kier alpha value is -2.68. The molecule has 1 saturated heterocycles. The Labute approximate surface area is 250 Å². The van der Waals surface area contributed by atoms with Gasteiger partial charge in [0, 0.05) is 50.0 Å². The normalized spacial score (nSPS) is 17.1. The molecular formula is C33H48N6OS. The molecule has 4 heterocycles. The summed E-state index contributed by atoms with van der Waals surface area (Å²) in [5.74, 6) is 0.965. The number of rotatable bonds is 8. The third kappa shape index (κ3) is 6.55. The monoisotopic (exact) mass is 576 g/mol. The molecule has 1 aliphatic carbocycles. The van der Waals surface area contributed by atoms with Crippen LogP contribution in [0, 0.1) is 0 Å². The van der Waals surface area contributed by atoms with E-state index in [0.29, 0.717) is 6.04 Å². The Balaban J connectivity index is 0.000000431. The van der Waals surface area contributed by atoms with Gasteiger partial charge in [0.1, 0.15) is 11.5 Å². The third-order valence-corrected chi connectivity index (χ3v) is 9.80. The molecule has 8 heteroatoms. The smallest absolute Gasteiger partial charge is 0.186 e. The highest BCUT2D eigenvalue weighted by Gasteiger charge is 2.26. The van der Waals surface area contributed by atoms with Crippen LogP contribution in [0.5, 0.6) is 0 Å². The summed E-state index contributed by atoms with van der Waals surface area (Å²) >= 11 is 1.76. The molecule has 0 amide bonds. The maximum atomic E-state index is 5.49. The Morgan fingerprint density at radius 1 is 0.976 bits per heavy atom. The van der Waals surface area contributed by atoms with Crippen LogP contribution in [0.3, 0.4) is 0 Å². The van der Waals surface area contributed by atoms with E-state index in [2.05, 4.69) is 91.6 Å². The van der Waals surface area contributed by atoms with Gasteiger partial charge in [-0.05, 0) is 69.3 Å². The van der Waals surface area contributed by atoms with Crippen molar-refractivity contribution in [2.45, 2.75) is 71.3 Å². The second-order valence-corrected chi connectivity index (χ2v) is 12.8. The van der Waals surface area contributed by atoms with E-state index < -0.39 is 0 Å². The lowest BCUT2D eigenvalue weighted by molar-refractivity contribution is 0.122. The van der Waals surface area contributed by atoms with Crippen LogP contribution in [0.15, 0.2) is 30.3 Å². The van der Waals surface area contributed by atoms with Gasteiger partial charge in [-0.25, -0.2) is 9.97 Å². The van der Waals surface area contributed by atoms with Crippen LogP contribution in [-0.4, -0.2) is 72.9 Å². The summed E-state index contributed by atoms with van der Waals surface area (Å²) in [6.07, 6.45) is 10.4. The zero-order valence-electron chi connectivity index (χ0n) is 25.9. The molecule has 41 heavy (non-hydrogen) atoms. The molecule has 7 nitrogen and oxygen atoms in total. The summed E-state index contributed by atoms with van der Waals surface area (Å²) in [4.78, 5) is 16.9. The van der Waals surface area contributed by atoms with E-state index in [1.807, 2.05) is 0 Å². The number of hydrogen-bond donors (Lipinski definition) is 0. The minimum atomic E-state index is 0.605. The molecule has 1 aliphatic heterocycles. The Bertz CT molecular complexity index is 1430. The van der Waals surface area contributed by atoms with Gasteiger partial charge in [-0.2, -0.15) is 0 Å². The summed E-state index contributed by atoms with van der Waals surface area (Å²) in [5.41, 5.74) is 6.19. The number of likely N-dealkylation sites (N-methyl/N-ethyl adjacent to an activating group) is 1. The molecule has 2 aliphatic rings. The second kappa shape index (κ2) is 13.5. The van der Waals surface area contributed by atoms with Crippen LogP contribution >= 0.6 is 11.3 Å². The van der Waals surface area contributed by atoms with Gasteiger partial charge in [-0.1, -0.05) is 57.3 Å². The number of fused-ring (bicyclic) bond motifs is 4. The van der Waals surface area contributed by atoms with Crippen LogP contribution in [0.4, 0.5) is 16.6 Å². The molecule has 1 atom stereocenters. The van der Waals surface area contributed by atoms with E-state index in [4.69, 9.17) is 14.7 Å². The molecule has 222 valence electrons. The first-order valence-electron chi connectivity index (χ1n) is 15.5. The van der Waals surface area contributed by atoms with Crippen LogP contribution in [0.2, 0.25) is 0 Å². The molecule has 6 rings (SSSR count). The number of anilines is 3. The fourth-order valence-corrected chi connectivity index (χ4v) is 7.09. The molecule has 3 aromatic heterocycles. The van der Waals surface area contributed by atoms with Gasteiger partial charge in [-0.3, -0.25) is 0 Å².